The van der Waals surface area contributed by atoms with Crippen molar-refractivity contribution in [3.63, 3.8) is 0 Å². The lowest BCUT2D eigenvalue weighted by atomic mass is 9.95. The van der Waals surface area contributed by atoms with Gasteiger partial charge in [-0.3, -0.25) is 0 Å². The quantitative estimate of drug-likeness (QED) is 0.916. The average molecular weight is 279 g/mol. The van der Waals surface area contributed by atoms with E-state index in [1.165, 1.54) is 0 Å². The summed E-state index contributed by atoms with van der Waals surface area (Å²) in [6.45, 7) is 3.69. The van der Waals surface area contributed by atoms with Crippen LogP contribution >= 0.6 is 0 Å². The largest absolute Gasteiger partial charge is 0.497 e. The van der Waals surface area contributed by atoms with Crippen LogP contribution in [0.1, 0.15) is 23.7 Å². The first-order chi connectivity index (χ1) is 9.56. The summed E-state index contributed by atoms with van der Waals surface area (Å²) < 4.78 is 10.7. The molecule has 0 amide bonds. The SMILES string of the molecule is COc1ccc(C(=O)O)c(N2CCC(C)C(OC)C2)c1. The normalized spacial score (nSPS) is 22.6. The third-order valence-electron chi connectivity index (χ3n) is 3.97. The number of carbonyl (C=O) groups is 1. The number of piperidine rings is 1. The molecule has 110 valence electrons. The van der Waals surface area contributed by atoms with Gasteiger partial charge in [-0.1, -0.05) is 6.92 Å². The molecule has 1 fully saturated rings. The summed E-state index contributed by atoms with van der Waals surface area (Å²) in [6, 6.07) is 5.05. The predicted octanol–water partition coefficient (Wildman–Crippen LogP) is 2.25. The van der Waals surface area contributed by atoms with Gasteiger partial charge in [-0.15, -0.1) is 0 Å². The van der Waals surface area contributed by atoms with Crippen LogP contribution < -0.4 is 9.64 Å². The second kappa shape index (κ2) is 6.13. The molecule has 1 saturated heterocycles. The Morgan fingerprint density at radius 3 is 2.75 bits per heavy atom. The average Bonchev–Trinajstić information content (AvgIpc) is 2.47. The number of carboxylic acid groups (broad SMARTS) is 1. The summed E-state index contributed by atoms with van der Waals surface area (Å²) in [6.07, 6.45) is 1.10. The van der Waals surface area contributed by atoms with Crippen LogP contribution in [0.3, 0.4) is 0 Å². The fourth-order valence-corrected chi connectivity index (χ4v) is 2.64. The number of methoxy groups -OCH3 is 2. The van der Waals surface area contributed by atoms with Gasteiger partial charge in [0.25, 0.3) is 0 Å². The molecule has 20 heavy (non-hydrogen) atoms. The highest BCUT2D eigenvalue weighted by molar-refractivity contribution is 5.95. The van der Waals surface area contributed by atoms with Gasteiger partial charge in [-0.25, -0.2) is 4.79 Å². The molecule has 5 nitrogen and oxygen atoms in total. The third kappa shape index (κ3) is 2.88. The summed E-state index contributed by atoms with van der Waals surface area (Å²) in [5.41, 5.74) is 1.00. The molecule has 1 N–H and O–H groups in total. The number of nitrogens with zero attached hydrogens (tertiary/aromatic N) is 1. The van der Waals surface area contributed by atoms with Gasteiger partial charge in [0.2, 0.25) is 0 Å². The second-order valence-corrected chi connectivity index (χ2v) is 5.17. The fraction of sp³-hybridized carbons (Fsp3) is 0.533. The monoisotopic (exact) mass is 279 g/mol. The van der Waals surface area contributed by atoms with E-state index in [4.69, 9.17) is 9.47 Å². The number of aromatic carboxylic acids is 1. The minimum absolute atomic E-state index is 0.122. The van der Waals surface area contributed by atoms with Crippen molar-refractivity contribution in [2.45, 2.75) is 19.4 Å². The van der Waals surface area contributed by atoms with E-state index >= 15 is 0 Å². The minimum Gasteiger partial charge on any atom is -0.497 e. The van der Waals surface area contributed by atoms with Crippen LogP contribution in [0.2, 0.25) is 0 Å². The number of anilines is 1. The van der Waals surface area contributed by atoms with Crippen molar-refractivity contribution in [1.29, 1.82) is 0 Å². The Morgan fingerprint density at radius 2 is 2.15 bits per heavy atom. The molecule has 0 bridgehead atoms. The first kappa shape index (κ1) is 14.7. The Kier molecular flexibility index (Phi) is 4.49. The lowest BCUT2D eigenvalue weighted by Crippen LogP contribution is -2.44. The van der Waals surface area contributed by atoms with Gasteiger partial charge in [0.15, 0.2) is 0 Å². The lowest BCUT2D eigenvalue weighted by molar-refractivity contribution is 0.0496. The molecule has 2 unspecified atom stereocenters. The topological polar surface area (TPSA) is 59.0 Å². The maximum absolute atomic E-state index is 11.4. The van der Waals surface area contributed by atoms with Gasteiger partial charge in [-0.05, 0) is 24.5 Å². The molecule has 0 spiro atoms. The van der Waals surface area contributed by atoms with Crippen LogP contribution in [0.5, 0.6) is 5.75 Å². The number of carboxylic acids is 1. The molecule has 5 heteroatoms. The number of hydrogen-bond acceptors (Lipinski definition) is 4. The Bertz CT molecular complexity index is 489. The van der Waals surface area contributed by atoms with E-state index in [0.717, 1.165) is 13.0 Å². The van der Waals surface area contributed by atoms with Crippen LogP contribution in [0, 0.1) is 5.92 Å². The molecule has 1 aliphatic heterocycles. The molecule has 2 rings (SSSR count). The van der Waals surface area contributed by atoms with E-state index in [-0.39, 0.29) is 6.10 Å². The van der Waals surface area contributed by atoms with Gasteiger partial charge in [0.1, 0.15) is 5.75 Å². The summed E-state index contributed by atoms with van der Waals surface area (Å²) in [7, 11) is 3.28. The first-order valence-corrected chi connectivity index (χ1v) is 6.76. The van der Waals surface area contributed by atoms with Crippen molar-refractivity contribution < 1.29 is 19.4 Å². The smallest absolute Gasteiger partial charge is 0.337 e. The zero-order valence-corrected chi connectivity index (χ0v) is 12.1. The summed E-state index contributed by atoms with van der Waals surface area (Å²) in [4.78, 5) is 13.5. The number of ether oxygens (including phenoxy) is 2. The van der Waals surface area contributed by atoms with E-state index in [9.17, 15) is 9.90 Å². The number of benzene rings is 1. The molecule has 1 aromatic rings. The van der Waals surface area contributed by atoms with Crippen LogP contribution in [0.25, 0.3) is 0 Å². The van der Waals surface area contributed by atoms with Gasteiger partial charge in [-0.2, -0.15) is 0 Å². The predicted molar refractivity (Wildman–Crippen MR) is 76.7 cm³/mol. The number of rotatable bonds is 4. The maximum atomic E-state index is 11.4. The van der Waals surface area contributed by atoms with Crippen LogP contribution in [-0.2, 0) is 4.74 Å². The Hall–Kier alpha value is -1.75. The molecular formula is C15H21NO4. The van der Waals surface area contributed by atoms with Crippen molar-refractivity contribution in [3.8, 4) is 5.75 Å². The van der Waals surface area contributed by atoms with Gasteiger partial charge in [0, 0.05) is 26.3 Å². The van der Waals surface area contributed by atoms with Crippen molar-refractivity contribution in [3.05, 3.63) is 23.8 Å². The van der Waals surface area contributed by atoms with Crippen LogP contribution in [-0.4, -0.2) is 44.5 Å². The first-order valence-electron chi connectivity index (χ1n) is 6.76. The molecule has 1 aromatic carbocycles. The zero-order chi connectivity index (χ0) is 14.7. The van der Waals surface area contributed by atoms with E-state index in [1.54, 1.807) is 32.4 Å². The molecular weight excluding hydrogens is 258 g/mol. The highest BCUT2D eigenvalue weighted by atomic mass is 16.5. The summed E-state index contributed by atoms with van der Waals surface area (Å²) in [5.74, 6) is 0.225. The van der Waals surface area contributed by atoms with Crippen molar-refractivity contribution in [1.82, 2.24) is 0 Å². The Morgan fingerprint density at radius 1 is 1.40 bits per heavy atom. The molecule has 1 aliphatic rings. The van der Waals surface area contributed by atoms with Crippen molar-refractivity contribution in [2.24, 2.45) is 5.92 Å². The van der Waals surface area contributed by atoms with Crippen LogP contribution in [0.4, 0.5) is 5.69 Å². The molecule has 2 atom stereocenters. The van der Waals surface area contributed by atoms with Gasteiger partial charge < -0.3 is 19.5 Å². The lowest BCUT2D eigenvalue weighted by Gasteiger charge is -2.38. The van der Waals surface area contributed by atoms with Crippen LogP contribution in [0.15, 0.2) is 18.2 Å². The van der Waals surface area contributed by atoms with E-state index in [0.29, 0.717) is 29.5 Å². The van der Waals surface area contributed by atoms with Gasteiger partial charge in [0.05, 0.1) is 24.5 Å². The standard InChI is InChI=1S/C15H21NO4/c1-10-6-7-16(9-14(10)20-3)13-8-11(19-2)4-5-12(13)15(17)18/h4-5,8,10,14H,6-7,9H2,1-3H3,(H,17,18). The third-order valence-corrected chi connectivity index (χ3v) is 3.97. The Labute approximate surface area is 119 Å². The fourth-order valence-electron chi connectivity index (χ4n) is 2.64. The van der Waals surface area contributed by atoms with E-state index < -0.39 is 5.97 Å². The summed E-state index contributed by atoms with van der Waals surface area (Å²) in [5, 5.41) is 9.34. The highest BCUT2D eigenvalue weighted by Gasteiger charge is 2.28. The zero-order valence-electron chi connectivity index (χ0n) is 12.1. The summed E-state index contributed by atoms with van der Waals surface area (Å²) >= 11 is 0. The minimum atomic E-state index is -0.921. The molecule has 1 heterocycles. The molecule has 0 radical (unpaired) electrons. The van der Waals surface area contributed by atoms with Crippen molar-refractivity contribution >= 4 is 11.7 Å². The van der Waals surface area contributed by atoms with Gasteiger partial charge >= 0.3 is 5.97 Å². The highest BCUT2D eigenvalue weighted by Crippen LogP contribution is 2.30. The molecule has 0 saturated carbocycles. The van der Waals surface area contributed by atoms with Crippen molar-refractivity contribution in [2.75, 3.05) is 32.2 Å². The molecule has 0 aromatic heterocycles. The van der Waals surface area contributed by atoms with E-state index in [2.05, 4.69) is 11.8 Å². The maximum Gasteiger partial charge on any atom is 0.337 e. The number of hydrogen-bond donors (Lipinski definition) is 1. The molecule has 0 aliphatic carbocycles. The second-order valence-electron chi connectivity index (χ2n) is 5.17. The Balaban J connectivity index is 2.32. The van der Waals surface area contributed by atoms with E-state index in [1.807, 2.05) is 0 Å².